The van der Waals surface area contributed by atoms with Crippen molar-refractivity contribution in [3.05, 3.63) is 71.9 Å². The van der Waals surface area contributed by atoms with Crippen LogP contribution in [-0.2, 0) is 6.42 Å². The van der Waals surface area contributed by atoms with Gasteiger partial charge in [-0.25, -0.2) is 0 Å². The molecule has 1 heterocycles. The molecule has 0 aliphatic rings. The van der Waals surface area contributed by atoms with E-state index in [1.54, 1.807) is 0 Å². The van der Waals surface area contributed by atoms with Crippen LogP contribution in [0.5, 0.6) is 0 Å². The maximum absolute atomic E-state index is 6.06. The Hall–Kier alpha value is -2.43. The highest BCUT2D eigenvalue weighted by molar-refractivity contribution is 5.81. The van der Waals surface area contributed by atoms with Gasteiger partial charge in [-0.1, -0.05) is 36.4 Å². The minimum atomic E-state index is -0.0305. The van der Waals surface area contributed by atoms with E-state index in [0.717, 1.165) is 28.6 Å². The summed E-state index contributed by atoms with van der Waals surface area (Å²) in [6.45, 7) is 0. The molecule has 0 aliphatic heterocycles. The summed E-state index contributed by atoms with van der Waals surface area (Å²) in [5.74, 6) is 5.74. The van der Waals surface area contributed by atoms with E-state index in [9.17, 15) is 0 Å². The lowest BCUT2D eigenvalue weighted by atomic mass is 9.96. The van der Waals surface area contributed by atoms with Gasteiger partial charge in [0.2, 0.25) is 0 Å². The summed E-state index contributed by atoms with van der Waals surface area (Å²) in [7, 11) is 0. The number of rotatable bonds is 4. The maximum Gasteiger partial charge on any atom is 0.0704 e. The molecule has 0 saturated carbocycles. The number of aromatic nitrogens is 1. The SMILES string of the molecule is NNC(Cc1ccnc2ccccc12)c1ccccc1N. The Kier molecular flexibility index (Phi) is 3.81. The zero-order valence-electron chi connectivity index (χ0n) is 11.7. The van der Waals surface area contributed by atoms with E-state index < -0.39 is 0 Å². The number of nitrogens with zero attached hydrogens (tertiary/aromatic N) is 1. The van der Waals surface area contributed by atoms with Gasteiger partial charge in [-0.05, 0) is 35.7 Å². The highest BCUT2D eigenvalue weighted by atomic mass is 15.2. The fourth-order valence-electron chi connectivity index (χ4n) is 2.64. The first kappa shape index (κ1) is 13.5. The third-order valence-electron chi connectivity index (χ3n) is 3.74. The Bertz CT molecular complexity index is 749. The molecule has 3 rings (SSSR count). The average molecular weight is 278 g/mol. The van der Waals surface area contributed by atoms with Crippen LogP contribution < -0.4 is 17.0 Å². The number of pyridine rings is 1. The van der Waals surface area contributed by atoms with Crippen molar-refractivity contribution in [1.29, 1.82) is 0 Å². The predicted molar refractivity (Wildman–Crippen MR) is 86.4 cm³/mol. The number of nitrogen functional groups attached to an aromatic ring is 1. The minimum absolute atomic E-state index is 0.0305. The molecule has 1 atom stereocenters. The monoisotopic (exact) mass is 278 g/mol. The Balaban J connectivity index is 1.98. The summed E-state index contributed by atoms with van der Waals surface area (Å²) in [4.78, 5) is 4.39. The lowest BCUT2D eigenvalue weighted by Gasteiger charge is -2.19. The van der Waals surface area contributed by atoms with Crippen LogP contribution >= 0.6 is 0 Å². The van der Waals surface area contributed by atoms with Crippen LogP contribution in [0.2, 0.25) is 0 Å². The molecule has 21 heavy (non-hydrogen) atoms. The molecule has 0 fully saturated rings. The molecule has 0 saturated heterocycles. The lowest BCUT2D eigenvalue weighted by molar-refractivity contribution is 0.555. The molecule has 0 aliphatic carbocycles. The third kappa shape index (κ3) is 2.72. The Morgan fingerprint density at radius 2 is 1.76 bits per heavy atom. The van der Waals surface area contributed by atoms with E-state index >= 15 is 0 Å². The van der Waals surface area contributed by atoms with Crippen molar-refractivity contribution < 1.29 is 0 Å². The maximum atomic E-state index is 6.06. The van der Waals surface area contributed by atoms with E-state index in [4.69, 9.17) is 11.6 Å². The van der Waals surface area contributed by atoms with E-state index in [0.29, 0.717) is 0 Å². The van der Waals surface area contributed by atoms with Crippen LogP contribution in [0.4, 0.5) is 5.69 Å². The molecule has 4 nitrogen and oxygen atoms in total. The van der Waals surface area contributed by atoms with Crippen molar-refractivity contribution in [3.8, 4) is 0 Å². The summed E-state index contributed by atoms with van der Waals surface area (Å²) in [6.07, 6.45) is 2.59. The van der Waals surface area contributed by atoms with Crippen LogP contribution in [-0.4, -0.2) is 4.98 Å². The van der Waals surface area contributed by atoms with Gasteiger partial charge in [0.1, 0.15) is 0 Å². The predicted octanol–water partition coefficient (Wildman–Crippen LogP) is 2.56. The molecular weight excluding hydrogens is 260 g/mol. The first-order valence-corrected chi connectivity index (χ1v) is 6.93. The summed E-state index contributed by atoms with van der Waals surface area (Å²) >= 11 is 0. The van der Waals surface area contributed by atoms with Gasteiger partial charge in [0.05, 0.1) is 11.6 Å². The number of anilines is 1. The smallest absolute Gasteiger partial charge is 0.0704 e. The second kappa shape index (κ2) is 5.91. The molecule has 4 heteroatoms. The van der Waals surface area contributed by atoms with Crippen molar-refractivity contribution in [1.82, 2.24) is 10.4 Å². The normalized spacial score (nSPS) is 12.4. The van der Waals surface area contributed by atoms with Crippen LogP contribution in [0.3, 0.4) is 0 Å². The fraction of sp³-hybridized carbons (Fsp3) is 0.118. The number of nitrogens with one attached hydrogen (secondary N) is 1. The minimum Gasteiger partial charge on any atom is -0.398 e. The third-order valence-corrected chi connectivity index (χ3v) is 3.74. The van der Waals surface area contributed by atoms with Gasteiger partial charge < -0.3 is 5.73 Å². The summed E-state index contributed by atoms with van der Waals surface area (Å²) < 4.78 is 0. The number of hydrogen-bond donors (Lipinski definition) is 3. The number of benzene rings is 2. The Morgan fingerprint density at radius 3 is 2.57 bits per heavy atom. The molecule has 1 unspecified atom stereocenters. The van der Waals surface area contributed by atoms with Gasteiger partial charge in [0.25, 0.3) is 0 Å². The number of para-hydroxylation sites is 2. The highest BCUT2D eigenvalue weighted by Gasteiger charge is 2.14. The Morgan fingerprint density at radius 1 is 1.00 bits per heavy atom. The van der Waals surface area contributed by atoms with E-state index in [1.165, 1.54) is 5.56 Å². The lowest BCUT2D eigenvalue weighted by Crippen LogP contribution is -2.30. The van der Waals surface area contributed by atoms with Crippen molar-refractivity contribution >= 4 is 16.6 Å². The van der Waals surface area contributed by atoms with E-state index in [2.05, 4.69) is 16.5 Å². The van der Waals surface area contributed by atoms with Gasteiger partial charge in [-0.15, -0.1) is 0 Å². The first-order valence-electron chi connectivity index (χ1n) is 6.93. The average Bonchev–Trinajstić information content (AvgIpc) is 2.53. The largest absolute Gasteiger partial charge is 0.398 e. The molecule has 3 aromatic rings. The van der Waals surface area contributed by atoms with Gasteiger partial charge in [0.15, 0.2) is 0 Å². The van der Waals surface area contributed by atoms with E-state index in [1.807, 2.05) is 54.7 Å². The fourth-order valence-corrected chi connectivity index (χ4v) is 2.64. The molecule has 0 amide bonds. The number of hydrazine groups is 1. The van der Waals surface area contributed by atoms with Crippen molar-refractivity contribution in [2.24, 2.45) is 5.84 Å². The van der Waals surface area contributed by atoms with Gasteiger partial charge in [0, 0.05) is 17.3 Å². The number of fused-ring (bicyclic) bond motifs is 1. The zero-order valence-corrected chi connectivity index (χ0v) is 11.7. The zero-order chi connectivity index (χ0) is 14.7. The molecule has 106 valence electrons. The molecule has 1 aromatic heterocycles. The molecule has 2 aromatic carbocycles. The summed E-state index contributed by atoms with van der Waals surface area (Å²) in [5, 5.41) is 1.15. The second-order valence-corrected chi connectivity index (χ2v) is 5.04. The van der Waals surface area contributed by atoms with Crippen molar-refractivity contribution in [2.75, 3.05) is 5.73 Å². The molecule has 5 N–H and O–H groups in total. The van der Waals surface area contributed by atoms with Crippen LogP contribution in [0, 0.1) is 0 Å². The van der Waals surface area contributed by atoms with Crippen molar-refractivity contribution in [3.63, 3.8) is 0 Å². The molecule has 0 radical (unpaired) electrons. The standard InChI is InChI=1S/C17H18N4/c18-15-7-3-1-6-14(15)17(21-19)11-12-9-10-20-16-8-4-2-5-13(12)16/h1-10,17,21H,11,18-19H2. The van der Waals surface area contributed by atoms with E-state index in [-0.39, 0.29) is 6.04 Å². The summed E-state index contributed by atoms with van der Waals surface area (Å²) in [5.41, 5.74) is 12.9. The van der Waals surface area contributed by atoms with Crippen molar-refractivity contribution in [2.45, 2.75) is 12.5 Å². The number of nitrogens with two attached hydrogens (primary N) is 2. The topological polar surface area (TPSA) is 77.0 Å². The van der Waals surface area contributed by atoms with Gasteiger partial charge in [-0.3, -0.25) is 16.3 Å². The first-order chi connectivity index (χ1) is 10.3. The quantitative estimate of drug-likeness (QED) is 0.389. The molecule has 0 spiro atoms. The highest BCUT2D eigenvalue weighted by Crippen LogP contribution is 2.26. The van der Waals surface area contributed by atoms with Gasteiger partial charge >= 0.3 is 0 Å². The molecule has 0 bridgehead atoms. The Labute approximate surface area is 123 Å². The van der Waals surface area contributed by atoms with Crippen LogP contribution in [0.15, 0.2) is 60.8 Å². The van der Waals surface area contributed by atoms with Crippen LogP contribution in [0.25, 0.3) is 10.9 Å². The molecular formula is C17H18N4. The summed E-state index contributed by atoms with van der Waals surface area (Å²) in [6, 6.07) is 17.9. The van der Waals surface area contributed by atoms with Gasteiger partial charge in [-0.2, -0.15) is 0 Å². The number of hydrogen-bond acceptors (Lipinski definition) is 4. The second-order valence-electron chi connectivity index (χ2n) is 5.04. The van der Waals surface area contributed by atoms with Crippen LogP contribution in [0.1, 0.15) is 17.2 Å².